The summed E-state index contributed by atoms with van der Waals surface area (Å²) in [4.78, 5) is 28.0. The largest absolute Gasteiger partial charge is 0.376 e. The van der Waals surface area contributed by atoms with Crippen molar-refractivity contribution in [1.29, 1.82) is 0 Å². The Morgan fingerprint density at radius 1 is 1.32 bits per heavy atom. The number of fused-ring (bicyclic) bond motifs is 1. The van der Waals surface area contributed by atoms with Crippen LogP contribution in [0, 0.1) is 18.8 Å². The van der Waals surface area contributed by atoms with Crippen LogP contribution in [0.25, 0.3) is 0 Å². The predicted octanol–water partition coefficient (Wildman–Crippen LogP) is 1.57. The molecule has 5 rings (SSSR count). The highest BCUT2D eigenvalue weighted by atomic mass is 16.5. The molecule has 0 saturated carbocycles. The molecular weight excluding hydrogens is 356 g/mol. The Bertz CT molecular complexity index is 814. The van der Waals surface area contributed by atoms with Gasteiger partial charge in [-0.15, -0.1) is 0 Å². The molecule has 4 heterocycles. The van der Waals surface area contributed by atoms with Crippen LogP contribution in [0.15, 0.2) is 36.4 Å². The smallest absolute Gasteiger partial charge is 0.230 e. The highest BCUT2D eigenvalue weighted by molar-refractivity contribution is 5.93. The summed E-state index contributed by atoms with van der Waals surface area (Å²) in [6.07, 6.45) is 5.75. The van der Waals surface area contributed by atoms with Crippen LogP contribution in [0.4, 0.5) is 0 Å². The minimum absolute atomic E-state index is 0.0182. The lowest BCUT2D eigenvalue weighted by Gasteiger charge is -2.24. The summed E-state index contributed by atoms with van der Waals surface area (Å²) in [6.45, 7) is 4.37. The lowest BCUT2D eigenvalue weighted by Crippen LogP contribution is -2.45. The van der Waals surface area contributed by atoms with Crippen molar-refractivity contribution in [3.8, 4) is 0 Å². The third kappa shape index (κ3) is 2.86. The molecule has 2 bridgehead atoms. The minimum atomic E-state index is -0.654. The van der Waals surface area contributed by atoms with E-state index in [9.17, 15) is 9.59 Å². The van der Waals surface area contributed by atoms with Gasteiger partial charge in [-0.3, -0.25) is 9.59 Å². The molecule has 5 unspecified atom stereocenters. The molecule has 3 saturated heterocycles. The Morgan fingerprint density at radius 2 is 2.14 bits per heavy atom. The number of amides is 2. The third-order valence-corrected chi connectivity index (χ3v) is 6.50. The Kier molecular flexibility index (Phi) is 4.29. The first kappa shape index (κ1) is 17.9. The normalized spacial score (nSPS) is 35.6. The van der Waals surface area contributed by atoms with E-state index in [1.54, 1.807) is 0 Å². The van der Waals surface area contributed by atoms with Crippen LogP contribution >= 0.6 is 0 Å². The Hall–Kier alpha value is -2.18. The number of rotatable bonds is 5. The zero-order chi connectivity index (χ0) is 19.3. The van der Waals surface area contributed by atoms with E-state index in [1.807, 2.05) is 36.1 Å². The fourth-order valence-electron chi connectivity index (χ4n) is 5.06. The molecule has 1 spiro atoms. The lowest BCUT2D eigenvalue weighted by atomic mass is 9.77. The van der Waals surface area contributed by atoms with Crippen molar-refractivity contribution < 1.29 is 19.1 Å². The van der Waals surface area contributed by atoms with E-state index in [0.717, 1.165) is 25.0 Å². The molecule has 1 N–H and O–H groups in total. The summed E-state index contributed by atoms with van der Waals surface area (Å²) < 4.78 is 11.8. The van der Waals surface area contributed by atoms with E-state index in [0.29, 0.717) is 19.6 Å². The van der Waals surface area contributed by atoms with Gasteiger partial charge in [0.05, 0.1) is 30.6 Å². The van der Waals surface area contributed by atoms with Crippen LogP contribution in [0.1, 0.15) is 24.0 Å². The van der Waals surface area contributed by atoms with Crippen LogP contribution in [0.5, 0.6) is 0 Å². The molecule has 1 aromatic carbocycles. The second-order valence-electron chi connectivity index (χ2n) is 8.46. The van der Waals surface area contributed by atoms with Gasteiger partial charge < -0.3 is 19.7 Å². The maximum atomic E-state index is 13.2. The molecule has 1 aromatic rings. The molecular formula is C22H26N2O4. The Balaban J connectivity index is 1.30. The number of benzene rings is 1. The summed E-state index contributed by atoms with van der Waals surface area (Å²) >= 11 is 0. The zero-order valence-electron chi connectivity index (χ0n) is 16.1. The van der Waals surface area contributed by atoms with Crippen molar-refractivity contribution in [2.75, 3.05) is 19.7 Å². The number of nitrogens with zero attached hydrogens (tertiary/aromatic N) is 1. The zero-order valence-corrected chi connectivity index (χ0v) is 16.1. The average molecular weight is 382 g/mol. The van der Waals surface area contributed by atoms with Crippen molar-refractivity contribution in [2.24, 2.45) is 11.8 Å². The first-order chi connectivity index (χ1) is 13.6. The molecule has 3 fully saturated rings. The number of nitrogens with one attached hydrogen (secondary N) is 1. The van der Waals surface area contributed by atoms with E-state index in [4.69, 9.17) is 9.47 Å². The second-order valence-corrected chi connectivity index (χ2v) is 8.46. The topological polar surface area (TPSA) is 67.9 Å². The first-order valence-corrected chi connectivity index (χ1v) is 10.2. The third-order valence-electron chi connectivity index (χ3n) is 6.50. The average Bonchev–Trinajstić information content (AvgIpc) is 3.45. The van der Waals surface area contributed by atoms with Crippen molar-refractivity contribution in [2.45, 2.75) is 44.1 Å². The number of hydrogen-bond acceptors (Lipinski definition) is 4. The molecule has 6 nitrogen and oxygen atoms in total. The van der Waals surface area contributed by atoms with E-state index in [1.165, 1.54) is 5.56 Å². The van der Waals surface area contributed by atoms with Crippen LogP contribution in [-0.4, -0.2) is 54.2 Å². The number of carbonyl (C=O) groups excluding carboxylic acids is 2. The first-order valence-electron chi connectivity index (χ1n) is 10.2. The maximum Gasteiger partial charge on any atom is 0.230 e. The van der Waals surface area contributed by atoms with Gasteiger partial charge in [0.1, 0.15) is 5.60 Å². The number of aryl methyl sites for hydroxylation is 1. The highest BCUT2D eigenvalue weighted by Gasteiger charge is 2.66. The highest BCUT2D eigenvalue weighted by Crippen LogP contribution is 2.52. The van der Waals surface area contributed by atoms with Gasteiger partial charge in [0.2, 0.25) is 11.8 Å². The molecule has 0 aromatic heterocycles. The maximum absolute atomic E-state index is 13.2. The fraction of sp³-hybridized carbons (Fsp3) is 0.545. The molecule has 0 aliphatic carbocycles. The van der Waals surface area contributed by atoms with Gasteiger partial charge in [-0.25, -0.2) is 0 Å². The van der Waals surface area contributed by atoms with Crippen LogP contribution < -0.4 is 5.32 Å². The molecule has 6 heteroatoms. The predicted molar refractivity (Wildman–Crippen MR) is 102 cm³/mol. The summed E-state index contributed by atoms with van der Waals surface area (Å²) in [7, 11) is 0. The summed E-state index contributed by atoms with van der Waals surface area (Å²) in [5.41, 5.74) is 1.63. The van der Waals surface area contributed by atoms with Crippen LogP contribution in [0.3, 0.4) is 0 Å². The second kappa shape index (κ2) is 6.71. The van der Waals surface area contributed by atoms with Crippen molar-refractivity contribution in [3.05, 3.63) is 47.5 Å². The van der Waals surface area contributed by atoms with Gasteiger partial charge in [0.25, 0.3) is 0 Å². The molecule has 5 atom stereocenters. The molecule has 4 aliphatic heterocycles. The van der Waals surface area contributed by atoms with Gasteiger partial charge in [0.15, 0.2) is 0 Å². The molecule has 28 heavy (non-hydrogen) atoms. The van der Waals surface area contributed by atoms with Gasteiger partial charge in [0, 0.05) is 19.7 Å². The quantitative estimate of drug-likeness (QED) is 0.785. The van der Waals surface area contributed by atoms with E-state index in [2.05, 4.69) is 17.4 Å². The van der Waals surface area contributed by atoms with Crippen LogP contribution in [0.2, 0.25) is 0 Å². The monoisotopic (exact) mass is 382 g/mol. The van der Waals surface area contributed by atoms with Crippen LogP contribution in [-0.2, 0) is 25.6 Å². The van der Waals surface area contributed by atoms with E-state index >= 15 is 0 Å². The fourth-order valence-corrected chi connectivity index (χ4v) is 5.06. The van der Waals surface area contributed by atoms with Crippen molar-refractivity contribution in [1.82, 2.24) is 10.2 Å². The minimum Gasteiger partial charge on any atom is -0.376 e. The van der Waals surface area contributed by atoms with Gasteiger partial charge >= 0.3 is 0 Å². The SMILES string of the molecule is Cc1ccc(CN2CC34C=CC(O3)C(C(=O)NCC3CCCO3)C4C2=O)cc1. The molecule has 4 aliphatic rings. The summed E-state index contributed by atoms with van der Waals surface area (Å²) in [5, 5.41) is 3.00. The molecule has 148 valence electrons. The van der Waals surface area contributed by atoms with E-state index in [-0.39, 0.29) is 24.0 Å². The molecule has 0 radical (unpaired) electrons. The van der Waals surface area contributed by atoms with Gasteiger partial charge in [-0.2, -0.15) is 0 Å². The number of ether oxygens (including phenoxy) is 2. The Morgan fingerprint density at radius 3 is 2.89 bits per heavy atom. The van der Waals surface area contributed by atoms with Crippen molar-refractivity contribution >= 4 is 11.8 Å². The number of carbonyl (C=O) groups is 2. The lowest BCUT2D eigenvalue weighted by molar-refractivity contribution is -0.138. The standard InChI is InChI=1S/C22H26N2O4/c1-14-4-6-15(7-5-14)12-24-13-22-9-8-17(28-22)18(19(22)21(24)26)20(25)23-11-16-3-2-10-27-16/h4-9,16-19H,2-3,10-13H2,1H3,(H,23,25). The molecule has 2 amide bonds. The van der Waals surface area contributed by atoms with Crippen molar-refractivity contribution in [3.63, 3.8) is 0 Å². The van der Waals surface area contributed by atoms with Gasteiger partial charge in [-0.05, 0) is 25.3 Å². The summed E-state index contributed by atoms with van der Waals surface area (Å²) in [6, 6.07) is 8.21. The van der Waals surface area contributed by atoms with Gasteiger partial charge in [-0.1, -0.05) is 42.0 Å². The van der Waals surface area contributed by atoms with E-state index < -0.39 is 17.4 Å². The summed E-state index contributed by atoms with van der Waals surface area (Å²) in [5.74, 6) is -0.966. The number of likely N-dealkylation sites (tertiary alicyclic amines) is 1. The number of hydrogen-bond donors (Lipinski definition) is 1. The Labute approximate surface area is 164 Å².